The third-order valence-electron chi connectivity index (χ3n) is 3.46. The summed E-state index contributed by atoms with van der Waals surface area (Å²) >= 11 is 1.34. The third-order valence-corrected chi connectivity index (χ3v) is 4.59. The van der Waals surface area contributed by atoms with E-state index in [4.69, 9.17) is 4.52 Å². The monoisotopic (exact) mass is 357 g/mol. The molecule has 1 amide bonds. The van der Waals surface area contributed by atoms with Crippen molar-refractivity contribution in [3.63, 3.8) is 0 Å². The van der Waals surface area contributed by atoms with Gasteiger partial charge < -0.3 is 9.84 Å². The number of hydrogen-bond donors (Lipinski definition) is 1. The predicted octanol–water partition coefficient (Wildman–Crippen LogP) is 4.14. The number of thioether (sulfide) groups is 1. The normalized spacial score (nSPS) is 11.9. The molecule has 1 aromatic heterocycles. The molecular formula is C18H16FN3O2S. The highest BCUT2D eigenvalue weighted by atomic mass is 32.2. The molecule has 0 aliphatic rings. The smallest absolute Gasteiger partial charge is 0.237 e. The average Bonchev–Trinajstić information content (AvgIpc) is 3.11. The second kappa shape index (κ2) is 7.94. The number of nitrogens with one attached hydrogen (secondary N) is 1. The number of benzene rings is 2. The highest BCUT2D eigenvalue weighted by molar-refractivity contribution is 7.99. The minimum absolute atomic E-state index is 0.170. The van der Waals surface area contributed by atoms with Crippen LogP contribution in [0.1, 0.15) is 12.8 Å². The van der Waals surface area contributed by atoms with Gasteiger partial charge in [-0.2, -0.15) is 4.98 Å². The largest absolute Gasteiger partial charge is 0.338 e. The van der Waals surface area contributed by atoms with Crippen molar-refractivity contribution in [3.8, 4) is 11.4 Å². The van der Waals surface area contributed by atoms with Crippen molar-refractivity contribution in [1.82, 2.24) is 10.1 Å². The fourth-order valence-electron chi connectivity index (χ4n) is 2.09. The summed E-state index contributed by atoms with van der Waals surface area (Å²) in [6, 6.07) is 15.6. The maximum absolute atomic E-state index is 13.6. The van der Waals surface area contributed by atoms with E-state index in [1.54, 1.807) is 19.1 Å². The topological polar surface area (TPSA) is 68.0 Å². The number of nitrogens with zero attached hydrogens (tertiary/aromatic N) is 2. The summed E-state index contributed by atoms with van der Waals surface area (Å²) in [6.45, 7) is 1.75. The van der Waals surface area contributed by atoms with Gasteiger partial charge in [-0.1, -0.05) is 47.6 Å². The van der Waals surface area contributed by atoms with Crippen LogP contribution in [0, 0.1) is 5.82 Å². The zero-order chi connectivity index (χ0) is 17.6. The van der Waals surface area contributed by atoms with Crippen LogP contribution >= 0.6 is 11.8 Å². The summed E-state index contributed by atoms with van der Waals surface area (Å²) in [4.78, 5) is 16.5. The van der Waals surface area contributed by atoms with Crippen molar-refractivity contribution in [1.29, 1.82) is 0 Å². The van der Waals surface area contributed by atoms with Crippen LogP contribution in [0.15, 0.2) is 59.1 Å². The lowest BCUT2D eigenvalue weighted by molar-refractivity contribution is -0.115. The van der Waals surface area contributed by atoms with Crippen LogP contribution in [0.25, 0.3) is 11.4 Å². The average molecular weight is 357 g/mol. The number of aromatic nitrogens is 2. The van der Waals surface area contributed by atoms with Crippen molar-refractivity contribution < 1.29 is 13.7 Å². The van der Waals surface area contributed by atoms with Crippen molar-refractivity contribution in [2.45, 2.75) is 17.9 Å². The quantitative estimate of drug-likeness (QED) is 0.718. The summed E-state index contributed by atoms with van der Waals surface area (Å²) < 4.78 is 18.8. The zero-order valence-corrected chi connectivity index (χ0v) is 14.3. The minimum atomic E-state index is -0.461. The van der Waals surface area contributed by atoms with Crippen LogP contribution in [0.4, 0.5) is 10.1 Å². The van der Waals surface area contributed by atoms with E-state index >= 15 is 0 Å². The Morgan fingerprint density at radius 3 is 2.68 bits per heavy atom. The molecule has 0 saturated heterocycles. The van der Waals surface area contributed by atoms with Crippen LogP contribution in [0.5, 0.6) is 0 Å². The minimum Gasteiger partial charge on any atom is -0.338 e. The van der Waals surface area contributed by atoms with Crippen molar-refractivity contribution >= 4 is 23.4 Å². The SMILES string of the molecule is C[C@H](SCc1nc(-c2ccccc2)no1)C(=O)Nc1ccccc1F. The molecule has 3 aromatic rings. The molecule has 0 bridgehead atoms. The Balaban J connectivity index is 1.55. The lowest BCUT2D eigenvalue weighted by Crippen LogP contribution is -2.23. The first-order valence-electron chi connectivity index (χ1n) is 7.68. The van der Waals surface area contributed by atoms with E-state index in [1.807, 2.05) is 30.3 Å². The number of carbonyl (C=O) groups is 1. The molecule has 1 heterocycles. The first-order chi connectivity index (χ1) is 12.1. The fourth-order valence-corrected chi connectivity index (χ4v) is 2.81. The van der Waals surface area contributed by atoms with Gasteiger partial charge in [0.25, 0.3) is 0 Å². The van der Waals surface area contributed by atoms with Gasteiger partial charge in [-0.3, -0.25) is 4.79 Å². The molecular weight excluding hydrogens is 341 g/mol. The summed E-state index contributed by atoms with van der Waals surface area (Å²) in [5, 5.41) is 6.12. The number of halogens is 1. The van der Waals surface area contributed by atoms with Gasteiger partial charge in [0.15, 0.2) is 0 Å². The van der Waals surface area contributed by atoms with Crippen LogP contribution < -0.4 is 5.32 Å². The maximum Gasteiger partial charge on any atom is 0.237 e. The number of hydrogen-bond acceptors (Lipinski definition) is 5. The van der Waals surface area contributed by atoms with E-state index in [0.29, 0.717) is 17.5 Å². The second-order valence-corrected chi connectivity index (χ2v) is 6.63. The summed E-state index contributed by atoms with van der Waals surface area (Å²) in [5.74, 6) is 0.607. The van der Waals surface area contributed by atoms with E-state index in [9.17, 15) is 9.18 Å². The van der Waals surface area contributed by atoms with E-state index in [-0.39, 0.29) is 11.6 Å². The lowest BCUT2D eigenvalue weighted by Gasteiger charge is -2.11. The standard InChI is InChI=1S/C18H16FN3O2S/c1-12(18(23)20-15-10-6-5-9-14(15)19)25-11-16-21-17(22-24-16)13-7-3-2-4-8-13/h2-10,12H,11H2,1H3,(H,20,23)/t12-/m0/s1. The van der Waals surface area contributed by atoms with Gasteiger partial charge in [-0.05, 0) is 19.1 Å². The van der Waals surface area contributed by atoms with Gasteiger partial charge in [-0.15, -0.1) is 11.8 Å². The molecule has 1 N–H and O–H groups in total. The number of para-hydroxylation sites is 1. The highest BCUT2D eigenvalue weighted by Crippen LogP contribution is 2.21. The van der Waals surface area contributed by atoms with Gasteiger partial charge in [0.05, 0.1) is 16.7 Å². The van der Waals surface area contributed by atoms with Crippen molar-refractivity contribution in [2.75, 3.05) is 5.32 Å². The molecule has 0 fully saturated rings. The predicted molar refractivity (Wildman–Crippen MR) is 95.5 cm³/mol. The molecule has 0 radical (unpaired) electrons. The van der Waals surface area contributed by atoms with Crippen molar-refractivity contribution in [2.24, 2.45) is 0 Å². The zero-order valence-electron chi connectivity index (χ0n) is 13.5. The van der Waals surface area contributed by atoms with E-state index in [2.05, 4.69) is 15.5 Å². The lowest BCUT2D eigenvalue weighted by atomic mass is 10.2. The Labute approximate surface area is 148 Å². The van der Waals surface area contributed by atoms with Crippen molar-refractivity contribution in [3.05, 3.63) is 66.3 Å². The maximum atomic E-state index is 13.6. The van der Waals surface area contributed by atoms with Gasteiger partial charge in [0.2, 0.25) is 17.6 Å². The van der Waals surface area contributed by atoms with E-state index < -0.39 is 11.1 Å². The Morgan fingerprint density at radius 1 is 1.20 bits per heavy atom. The number of anilines is 1. The van der Waals surface area contributed by atoms with Crippen LogP contribution in [0.2, 0.25) is 0 Å². The fraction of sp³-hybridized carbons (Fsp3) is 0.167. The number of carbonyl (C=O) groups excluding carboxylic acids is 1. The van der Waals surface area contributed by atoms with E-state index in [0.717, 1.165) is 5.56 Å². The Hall–Kier alpha value is -2.67. The Bertz CT molecular complexity index is 854. The van der Waals surface area contributed by atoms with Gasteiger partial charge in [0, 0.05) is 5.56 Å². The molecule has 0 aliphatic carbocycles. The van der Waals surface area contributed by atoms with Crippen LogP contribution in [0.3, 0.4) is 0 Å². The molecule has 3 rings (SSSR count). The van der Waals surface area contributed by atoms with Gasteiger partial charge in [-0.25, -0.2) is 4.39 Å². The third kappa shape index (κ3) is 4.45. The summed E-state index contributed by atoms with van der Waals surface area (Å²) in [6.07, 6.45) is 0. The first-order valence-corrected chi connectivity index (χ1v) is 8.73. The molecule has 25 heavy (non-hydrogen) atoms. The van der Waals surface area contributed by atoms with Crippen LogP contribution in [-0.2, 0) is 10.5 Å². The molecule has 0 unspecified atom stereocenters. The first kappa shape index (κ1) is 17.2. The molecule has 7 heteroatoms. The molecule has 0 saturated carbocycles. The molecule has 2 aromatic carbocycles. The summed E-state index contributed by atoms with van der Waals surface area (Å²) in [5.41, 5.74) is 1.04. The number of rotatable bonds is 6. The molecule has 5 nitrogen and oxygen atoms in total. The molecule has 1 atom stereocenters. The van der Waals surface area contributed by atoms with Gasteiger partial charge in [0.1, 0.15) is 5.82 Å². The molecule has 128 valence electrons. The second-order valence-electron chi connectivity index (χ2n) is 5.30. The Morgan fingerprint density at radius 2 is 1.92 bits per heavy atom. The van der Waals surface area contributed by atoms with E-state index in [1.165, 1.54) is 23.9 Å². The Kier molecular flexibility index (Phi) is 5.45. The highest BCUT2D eigenvalue weighted by Gasteiger charge is 2.17. The van der Waals surface area contributed by atoms with Crippen LogP contribution in [-0.4, -0.2) is 21.3 Å². The summed E-state index contributed by atoms with van der Waals surface area (Å²) in [7, 11) is 0. The molecule has 0 aliphatic heterocycles. The van der Waals surface area contributed by atoms with Gasteiger partial charge >= 0.3 is 0 Å². The number of amides is 1. The molecule has 0 spiro atoms.